The van der Waals surface area contributed by atoms with Crippen LogP contribution < -0.4 is 5.32 Å². The summed E-state index contributed by atoms with van der Waals surface area (Å²) in [6, 6.07) is -1.64. The molecule has 1 atom stereocenters. The Kier molecular flexibility index (Phi) is 2.50. The molecule has 21 heavy (non-hydrogen) atoms. The number of amides is 1. The van der Waals surface area contributed by atoms with Gasteiger partial charge in [0.05, 0.1) is 10.2 Å². The number of H-pyrrole nitrogens is 1. The van der Waals surface area contributed by atoms with E-state index in [-0.39, 0.29) is 30.3 Å². The largest absolute Gasteiger partial charge is 0.447 e. The van der Waals surface area contributed by atoms with E-state index < -0.39 is 18.5 Å². The zero-order valence-corrected chi connectivity index (χ0v) is 12.0. The molecule has 3 rings (SSSR count). The van der Waals surface area contributed by atoms with Gasteiger partial charge in [-0.1, -0.05) is 6.04 Å². The van der Waals surface area contributed by atoms with Crippen LogP contribution in [0.4, 0.5) is 4.79 Å². The summed E-state index contributed by atoms with van der Waals surface area (Å²) >= 11 is 0. The Labute approximate surface area is 131 Å². The van der Waals surface area contributed by atoms with Gasteiger partial charge in [-0.3, -0.25) is 0 Å². The number of hydrogen-bond donors (Lipinski definition) is 2. The van der Waals surface area contributed by atoms with Crippen LogP contribution in [0.2, 0.25) is 0 Å². The van der Waals surface area contributed by atoms with Gasteiger partial charge in [-0.05, 0) is 50.1 Å². The summed E-state index contributed by atoms with van der Waals surface area (Å²) in [5, 5.41) is 2.84. The van der Waals surface area contributed by atoms with E-state index in [9.17, 15) is 4.79 Å². The molecule has 5 heteroatoms. The Morgan fingerprint density at radius 1 is 1.52 bits per heavy atom. The first kappa shape index (κ1) is 9.10. The smallest absolute Gasteiger partial charge is 0.407 e. The van der Waals surface area contributed by atoms with Crippen molar-refractivity contribution in [3.05, 3.63) is 35.5 Å². The Morgan fingerprint density at radius 3 is 3.10 bits per heavy atom. The molecule has 0 radical (unpaired) electrons. The van der Waals surface area contributed by atoms with E-state index in [0.717, 1.165) is 12.1 Å². The highest BCUT2D eigenvalue weighted by Gasteiger charge is 2.22. The van der Waals surface area contributed by atoms with Gasteiger partial charge < -0.3 is 19.9 Å². The maximum Gasteiger partial charge on any atom is 0.407 e. The predicted octanol–water partition coefficient (Wildman–Crippen LogP) is 1.92. The van der Waals surface area contributed by atoms with E-state index in [1.807, 2.05) is 19.0 Å². The molecule has 0 saturated carbocycles. The molecule has 1 aliphatic rings. The molecule has 112 valence electrons. The number of carbonyl (C=O) groups is 1. The summed E-state index contributed by atoms with van der Waals surface area (Å²) in [5.74, 6) is 0. The van der Waals surface area contributed by atoms with Crippen LogP contribution >= 0.6 is 0 Å². The van der Waals surface area contributed by atoms with E-state index in [0.29, 0.717) is 17.3 Å². The maximum absolute atomic E-state index is 11.3. The fourth-order valence-corrected chi connectivity index (χ4v) is 2.24. The Hall–Kier alpha value is -2.01. The Morgan fingerprint density at radius 2 is 2.38 bits per heavy atom. The van der Waals surface area contributed by atoms with Crippen LogP contribution in [0.15, 0.2) is 24.3 Å². The normalized spacial score (nSPS) is 22.3. The standard InChI is InChI=1S/C16H21N3O2/c1-19(2)6-5-12-9-17-15-4-3-11(8-14(12)15)7-13-10-21-16(20)18-13/h3-4,8-9,13,17H,5-7,10H2,1-2H3,(H,18,20)/t13-/m0/s1/i3D,4D,7D2,8D. The number of benzene rings is 1. The fraction of sp³-hybridized carbons (Fsp3) is 0.438. The van der Waals surface area contributed by atoms with Gasteiger partial charge in [0.2, 0.25) is 0 Å². The number of alkyl carbamates (subject to hydrolysis) is 1. The minimum Gasteiger partial charge on any atom is -0.447 e. The molecule has 2 N–H and O–H groups in total. The van der Waals surface area contributed by atoms with Gasteiger partial charge in [0.15, 0.2) is 0 Å². The third-order valence-corrected chi connectivity index (χ3v) is 3.34. The summed E-state index contributed by atoms with van der Waals surface area (Å²) in [7, 11) is 3.86. The second-order valence-electron chi connectivity index (χ2n) is 5.31. The van der Waals surface area contributed by atoms with Crippen molar-refractivity contribution in [2.24, 2.45) is 0 Å². The molecule has 0 aliphatic carbocycles. The zero-order valence-electron chi connectivity index (χ0n) is 17.0. The topological polar surface area (TPSA) is 57.4 Å². The molecule has 0 spiro atoms. The lowest BCUT2D eigenvalue weighted by Crippen LogP contribution is -2.28. The SMILES string of the molecule is [2H]c1c(C([2H])([2H])[C@H]2COC(=O)N2)c([2H])c2c(CCN(C)C)c[nH]c2c1[2H]. The van der Waals surface area contributed by atoms with Crippen molar-refractivity contribution in [2.45, 2.75) is 18.8 Å². The summed E-state index contributed by atoms with van der Waals surface area (Å²) in [6.07, 6.45) is -0.594. The number of cyclic esters (lactones) is 1. The van der Waals surface area contributed by atoms with E-state index in [1.165, 1.54) is 0 Å². The van der Waals surface area contributed by atoms with E-state index in [2.05, 4.69) is 10.3 Å². The zero-order chi connectivity index (χ0) is 19.2. The molecule has 1 aliphatic heterocycles. The number of fused-ring (bicyclic) bond motifs is 1. The van der Waals surface area contributed by atoms with Crippen molar-refractivity contribution in [3.8, 4) is 0 Å². The second-order valence-corrected chi connectivity index (χ2v) is 5.31. The lowest BCUT2D eigenvalue weighted by atomic mass is 10.0. The highest BCUT2D eigenvalue weighted by atomic mass is 16.6. The third-order valence-electron chi connectivity index (χ3n) is 3.34. The molecule has 0 bridgehead atoms. The van der Waals surface area contributed by atoms with Gasteiger partial charge in [-0.2, -0.15) is 0 Å². The Bertz CT molecular complexity index is 865. The predicted molar refractivity (Wildman–Crippen MR) is 82.5 cm³/mol. The summed E-state index contributed by atoms with van der Waals surface area (Å²) in [4.78, 5) is 16.3. The third kappa shape index (κ3) is 3.19. The van der Waals surface area contributed by atoms with Crippen molar-refractivity contribution in [1.29, 1.82) is 0 Å². The van der Waals surface area contributed by atoms with Crippen molar-refractivity contribution < 1.29 is 16.4 Å². The van der Waals surface area contributed by atoms with Crippen LogP contribution in [0.25, 0.3) is 10.9 Å². The van der Waals surface area contributed by atoms with E-state index in [4.69, 9.17) is 11.6 Å². The minimum atomic E-state index is -2.21. The number of rotatable bonds is 5. The van der Waals surface area contributed by atoms with Crippen molar-refractivity contribution in [2.75, 3.05) is 27.2 Å². The van der Waals surface area contributed by atoms with Gasteiger partial charge in [0.25, 0.3) is 0 Å². The number of hydrogen-bond acceptors (Lipinski definition) is 3. The summed E-state index contributed by atoms with van der Waals surface area (Å²) < 4.78 is 46.7. The van der Waals surface area contributed by atoms with Crippen molar-refractivity contribution in [1.82, 2.24) is 15.2 Å². The average molecular weight is 292 g/mol. The van der Waals surface area contributed by atoms with Gasteiger partial charge in [-0.25, -0.2) is 4.79 Å². The van der Waals surface area contributed by atoms with Crippen molar-refractivity contribution in [3.63, 3.8) is 0 Å². The van der Waals surface area contributed by atoms with Crippen LogP contribution in [0, 0.1) is 0 Å². The molecule has 1 fully saturated rings. The average Bonchev–Trinajstić information content (AvgIpc) is 3.17. The second kappa shape index (κ2) is 5.77. The molecule has 0 unspecified atom stereocenters. The maximum atomic E-state index is 11.3. The monoisotopic (exact) mass is 292 g/mol. The number of likely N-dealkylation sites (N-methyl/N-ethyl adjacent to an activating group) is 1. The lowest BCUT2D eigenvalue weighted by Gasteiger charge is -2.09. The lowest BCUT2D eigenvalue weighted by molar-refractivity contribution is 0.177. The van der Waals surface area contributed by atoms with Crippen LogP contribution in [0.1, 0.15) is 18.0 Å². The fourth-order valence-electron chi connectivity index (χ4n) is 2.24. The minimum absolute atomic E-state index is 0.123. The van der Waals surface area contributed by atoms with Gasteiger partial charge in [0, 0.05) is 26.4 Å². The van der Waals surface area contributed by atoms with Crippen LogP contribution in [-0.2, 0) is 17.5 Å². The van der Waals surface area contributed by atoms with Crippen molar-refractivity contribution >= 4 is 17.0 Å². The highest BCUT2D eigenvalue weighted by molar-refractivity contribution is 5.84. The van der Waals surface area contributed by atoms with Gasteiger partial charge in [0.1, 0.15) is 6.61 Å². The first-order chi connectivity index (χ1) is 12.1. The molecule has 1 saturated heterocycles. The molecule has 2 heterocycles. The Balaban J connectivity index is 2.16. The first-order valence-corrected chi connectivity index (χ1v) is 6.82. The van der Waals surface area contributed by atoms with Crippen LogP contribution in [0.3, 0.4) is 0 Å². The number of aromatic amines is 1. The molecule has 5 nitrogen and oxygen atoms in total. The quantitative estimate of drug-likeness (QED) is 0.885. The molecule has 1 aromatic heterocycles. The molecule has 2 aromatic rings. The number of aromatic nitrogens is 1. The highest BCUT2D eigenvalue weighted by Crippen LogP contribution is 2.21. The molecule has 1 amide bonds. The van der Waals surface area contributed by atoms with Crippen LogP contribution in [0.5, 0.6) is 0 Å². The molecule has 1 aromatic carbocycles. The first-order valence-electron chi connectivity index (χ1n) is 9.32. The molecular weight excluding hydrogens is 266 g/mol. The van der Waals surface area contributed by atoms with E-state index >= 15 is 0 Å². The summed E-state index contributed by atoms with van der Waals surface area (Å²) in [6.45, 7) is 0.549. The summed E-state index contributed by atoms with van der Waals surface area (Å²) in [5.41, 5.74) is 0.965. The number of nitrogens with zero attached hydrogens (tertiary/aromatic N) is 1. The number of ether oxygens (including phenoxy) is 1. The number of carbonyl (C=O) groups excluding carboxylic acids is 1. The van der Waals surface area contributed by atoms with Gasteiger partial charge in [-0.15, -0.1) is 0 Å². The molecular formula is C16H21N3O2. The number of nitrogens with one attached hydrogen (secondary N) is 2. The van der Waals surface area contributed by atoms with Gasteiger partial charge >= 0.3 is 6.09 Å². The van der Waals surface area contributed by atoms with Crippen LogP contribution in [-0.4, -0.2) is 49.3 Å². The van der Waals surface area contributed by atoms with E-state index in [1.54, 1.807) is 6.20 Å².